The molecule has 10 nitrogen and oxygen atoms in total. The summed E-state index contributed by atoms with van der Waals surface area (Å²) < 4.78 is 32.3. The lowest BCUT2D eigenvalue weighted by atomic mass is 10.1. The maximum Gasteiger partial charge on any atom is 0.247 e. The molecular formula is C22H26N6O4S2. The minimum Gasteiger partial charge on any atom is -0.477 e. The van der Waals surface area contributed by atoms with Crippen LogP contribution in [-0.2, 0) is 14.8 Å². The van der Waals surface area contributed by atoms with Gasteiger partial charge in [0, 0.05) is 16.6 Å². The first kappa shape index (κ1) is 24.0. The van der Waals surface area contributed by atoms with Gasteiger partial charge in [0.15, 0.2) is 5.13 Å². The van der Waals surface area contributed by atoms with Crippen molar-refractivity contribution in [2.45, 2.75) is 31.1 Å². The number of carbonyl (C=O) groups is 1. The molecule has 1 fully saturated rings. The molecule has 34 heavy (non-hydrogen) atoms. The van der Waals surface area contributed by atoms with Gasteiger partial charge in [-0.1, -0.05) is 12.1 Å². The quantitative estimate of drug-likeness (QED) is 0.433. The van der Waals surface area contributed by atoms with Crippen LogP contribution in [0.5, 0.6) is 5.88 Å². The Balaban J connectivity index is 1.45. The van der Waals surface area contributed by atoms with Crippen LogP contribution in [0.4, 0.5) is 10.8 Å². The van der Waals surface area contributed by atoms with Gasteiger partial charge in [0.05, 0.1) is 35.6 Å². The summed E-state index contributed by atoms with van der Waals surface area (Å²) in [4.78, 5) is 27.7. The lowest BCUT2D eigenvalue weighted by molar-refractivity contribution is -0.120. The zero-order valence-electron chi connectivity index (χ0n) is 19.1. The number of hydrogen-bond donors (Lipinski definition) is 2. The Morgan fingerprint density at radius 2 is 1.94 bits per heavy atom. The topological polar surface area (TPSA) is 126 Å². The van der Waals surface area contributed by atoms with Crippen molar-refractivity contribution >= 4 is 38.1 Å². The lowest BCUT2D eigenvalue weighted by Crippen LogP contribution is -2.32. The van der Waals surface area contributed by atoms with Crippen LogP contribution >= 0.6 is 11.3 Å². The molecule has 1 unspecified atom stereocenters. The average molecular weight is 503 g/mol. The van der Waals surface area contributed by atoms with Crippen LogP contribution < -0.4 is 14.8 Å². The highest BCUT2D eigenvalue weighted by Crippen LogP contribution is 2.32. The Kier molecular flexibility index (Phi) is 7.10. The zero-order chi connectivity index (χ0) is 24.3. The van der Waals surface area contributed by atoms with E-state index in [1.165, 1.54) is 0 Å². The van der Waals surface area contributed by atoms with E-state index >= 15 is 0 Å². The first-order valence-corrected chi connectivity index (χ1v) is 13.2. The number of carbonyl (C=O) groups excluding carboxylic acids is 1. The van der Waals surface area contributed by atoms with Gasteiger partial charge in [-0.25, -0.2) is 18.4 Å². The maximum absolute atomic E-state index is 13.1. The third-order valence-electron chi connectivity index (χ3n) is 5.11. The molecule has 1 amide bonds. The molecule has 2 N–H and O–H groups in total. The highest BCUT2D eigenvalue weighted by molar-refractivity contribution is 7.93. The molecule has 2 heterocycles. The summed E-state index contributed by atoms with van der Waals surface area (Å²) in [5, 5.41) is 4.52. The van der Waals surface area contributed by atoms with E-state index in [2.05, 4.69) is 25.0 Å². The molecule has 0 radical (unpaired) electrons. The standard InChI is InChI=1S/C22H26N6O4S2/c1-4-32-19-12-23-11-17(25-19)14-5-7-15(8-6-14)24-21(29)20(28(2)3)18-13-33-22(26-18)27-34(30,31)16-9-10-16/h5-8,11-13,16,20H,4,9-10H2,1-3H3,(H,24,29)(H,26,27). The van der Waals surface area contributed by atoms with Crippen molar-refractivity contribution < 1.29 is 17.9 Å². The Morgan fingerprint density at radius 3 is 2.59 bits per heavy atom. The van der Waals surface area contributed by atoms with Gasteiger partial charge < -0.3 is 10.1 Å². The second-order valence-electron chi connectivity index (χ2n) is 8.03. The number of rotatable bonds is 10. The van der Waals surface area contributed by atoms with Crippen molar-refractivity contribution in [3.05, 3.63) is 47.7 Å². The molecule has 1 atom stereocenters. The van der Waals surface area contributed by atoms with Crippen molar-refractivity contribution in [3.8, 4) is 17.1 Å². The molecule has 1 aliphatic rings. The van der Waals surface area contributed by atoms with E-state index in [-0.39, 0.29) is 16.3 Å². The van der Waals surface area contributed by atoms with E-state index in [0.29, 0.717) is 42.4 Å². The number of hydrogen-bond acceptors (Lipinski definition) is 9. The van der Waals surface area contributed by atoms with Gasteiger partial charge in [-0.15, -0.1) is 11.3 Å². The van der Waals surface area contributed by atoms with Crippen molar-refractivity contribution in [2.24, 2.45) is 0 Å². The largest absolute Gasteiger partial charge is 0.477 e. The average Bonchev–Trinajstić information content (AvgIpc) is 3.57. The van der Waals surface area contributed by atoms with E-state index in [4.69, 9.17) is 4.74 Å². The highest BCUT2D eigenvalue weighted by atomic mass is 32.2. The van der Waals surface area contributed by atoms with Crippen LogP contribution in [0.25, 0.3) is 11.3 Å². The number of nitrogens with zero attached hydrogens (tertiary/aromatic N) is 4. The number of nitrogens with one attached hydrogen (secondary N) is 2. The molecule has 1 aliphatic carbocycles. The number of sulfonamides is 1. The van der Waals surface area contributed by atoms with Gasteiger partial charge in [-0.2, -0.15) is 0 Å². The fourth-order valence-electron chi connectivity index (χ4n) is 3.31. The summed E-state index contributed by atoms with van der Waals surface area (Å²) in [5.41, 5.74) is 2.59. The summed E-state index contributed by atoms with van der Waals surface area (Å²) in [6.45, 7) is 2.38. The van der Waals surface area contributed by atoms with Crippen LogP contribution in [0.3, 0.4) is 0 Å². The molecule has 0 saturated heterocycles. The van der Waals surface area contributed by atoms with Crippen molar-refractivity contribution in [1.82, 2.24) is 19.9 Å². The molecule has 3 aromatic rings. The number of thiazole rings is 1. The highest BCUT2D eigenvalue weighted by Gasteiger charge is 2.36. The molecule has 0 spiro atoms. The predicted molar refractivity (Wildman–Crippen MR) is 131 cm³/mol. The number of anilines is 2. The van der Waals surface area contributed by atoms with E-state index in [1.807, 2.05) is 19.1 Å². The molecule has 1 saturated carbocycles. The summed E-state index contributed by atoms with van der Waals surface area (Å²) in [5.74, 6) is 0.172. The smallest absolute Gasteiger partial charge is 0.247 e. The SMILES string of the molecule is CCOc1cncc(-c2ccc(NC(=O)C(c3csc(NS(=O)(=O)C4CC4)n3)N(C)C)cc2)n1. The molecule has 4 rings (SSSR count). The Bertz CT molecular complexity index is 1260. The first-order valence-electron chi connectivity index (χ1n) is 10.8. The van der Waals surface area contributed by atoms with Crippen LogP contribution in [0.15, 0.2) is 42.0 Å². The zero-order valence-corrected chi connectivity index (χ0v) is 20.7. The van der Waals surface area contributed by atoms with E-state index < -0.39 is 16.1 Å². The Labute approximate surface area is 202 Å². The summed E-state index contributed by atoms with van der Waals surface area (Å²) in [7, 11) is 0.129. The van der Waals surface area contributed by atoms with E-state index in [9.17, 15) is 13.2 Å². The lowest BCUT2D eigenvalue weighted by Gasteiger charge is -2.21. The van der Waals surface area contributed by atoms with Gasteiger partial charge in [0.2, 0.25) is 21.8 Å². The molecular weight excluding hydrogens is 476 g/mol. The van der Waals surface area contributed by atoms with E-state index in [1.54, 1.807) is 48.9 Å². The fraction of sp³-hybridized carbons (Fsp3) is 0.364. The Hall–Kier alpha value is -3.09. The molecule has 12 heteroatoms. The number of amides is 1. The molecule has 0 aliphatic heterocycles. The second-order valence-corrected chi connectivity index (χ2v) is 10.9. The molecule has 2 aromatic heterocycles. The third-order valence-corrected chi connectivity index (χ3v) is 7.84. The predicted octanol–water partition coefficient (Wildman–Crippen LogP) is 3.14. The van der Waals surface area contributed by atoms with Crippen LogP contribution in [-0.4, -0.2) is 60.1 Å². The Morgan fingerprint density at radius 1 is 1.21 bits per heavy atom. The molecule has 180 valence electrons. The number of aromatic nitrogens is 3. The van der Waals surface area contributed by atoms with Crippen molar-refractivity contribution in [3.63, 3.8) is 0 Å². The van der Waals surface area contributed by atoms with Gasteiger partial charge in [-0.3, -0.25) is 19.4 Å². The van der Waals surface area contributed by atoms with Crippen molar-refractivity contribution in [1.29, 1.82) is 0 Å². The first-order chi connectivity index (χ1) is 16.3. The van der Waals surface area contributed by atoms with Gasteiger partial charge in [0.1, 0.15) is 6.04 Å². The van der Waals surface area contributed by atoms with Crippen LogP contribution in [0.2, 0.25) is 0 Å². The van der Waals surface area contributed by atoms with Gasteiger partial charge in [-0.05, 0) is 46.0 Å². The number of ether oxygens (including phenoxy) is 1. The van der Waals surface area contributed by atoms with E-state index in [0.717, 1.165) is 16.9 Å². The fourth-order valence-corrected chi connectivity index (χ4v) is 5.64. The molecule has 1 aromatic carbocycles. The summed E-state index contributed by atoms with van der Waals surface area (Å²) in [6.07, 6.45) is 4.54. The number of likely N-dealkylation sites (N-methyl/N-ethyl adjacent to an activating group) is 1. The minimum absolute atomic E-state index is 0.265. The summed E-state index contributed by atoms with van der Waals surface area (Å²) in [6, 6.07) is 6.56. The van der Waals surface area contributed by atoms with Crippen LogP contribution in [0.1, 0.15) is 31.5 Å². The third kappa shape index (κ3) is 5.69. The normalized spacial score (nSPS) is 14.6. The van der Waals surface area contributed by atoms with Crippen molar-refractivity contribution in [2.75, 3.05) is 30.7 Å². The second kappa shape index (κ2) is 10.0. The maximum atomic E-state index is 13.1. The number of benzene rings is 1. The van der Waals surface area contributed by atoms with Crippen LogP contribution in [0, 0.1) is 0 Å². The molecule has 0 bridgehead atoms. The summed E-state index contributed by atoms with van der Waals surface area (Å²) >= 11 is 1.16. The van der Waals surface area contributed by atoms with Gasteiger partial charge in [0.25, 0.3) is 0 Å². The van der Waals surface area contributed by atoms with Gasteiger partial charge >= 0.3 is 0 Å². The monoisotopic (exact) mass is 502 g/mol. The minimum atomic E-state index is -3.41.